The molecule has 2 N–H and O–H groups in total. The molecule has 0 saturated heterocycles. The molecule has 0 radical (unpaired) electrons. The molecule has 0 unspecified atom stereocenters. The molecule has 3 aromatic rings. The maximum Gasteiger partial charge on any atom is 0.215 e. The second-order valence-electron chi connectivity index (χ2n) is 5.91. The van der Waals surface area contributed by atoms with Gasteiger partial charge in [0, 0.05) is 31.0 Å². The molecule has 27 heavy (non-hydrogen) atoms. The lowest BCUT2D eigenvalue weighted by molar-refractivity contribution is 0.184. The molecule has 7 nitrogen and oxygen atoms in total. The summed E-state index contributed by atoms with van der Waals surface area (Å²) in [5.74, 6) is 8.22. The molecule has 140 valence electrons. The fourth-order valence-corrected chi connectivity index (χ4v) is 2.43. The summed E-state index contributed by atoms with van der Waals surface area (Å²) in [6.07, 6.45) is 4.91. The van der Waals surface area contributed by atoms with Gasteiger partial charge in [-0.05, 0) is 37.1 Å². The quantitative estimate of drug-likeness (QED) is 0.491. The van der Waals surface area contributed by atoms with Crippen LogP contribution in [0.1, 0.15) is 42.5 Å². The molecule has 7 heteroatoms. The Bertz CT molecular complexity index is 917. The van der Waals surface area contributed by atoms with E-state index in [0.29, 0.717) is 37.0 Å². The van der Waals surface area contributed by atoms with Gasteiger partial charge < -0.3 is 23.9 Å². The Kier molecular flexibility index (Phi) is 6.26. The standard InChI is InChI=1S/C20H21N3O4/c1-15(25)20-21-9-10-23(20)14-19-22-13-18(27-19)8-5-16-3-6-17(7-4-16)26-12-2-11-24/h3-4,6-7,9-10,13,15,24-25H,2,11-12,14H2,1H3/t15-/m0/s1. The summed E-state index contributed by atoms with van der Waals surface area (Å²) < 4.78 is 12.9. The first-order valence-corrected chi connectivity index (χ1v) is 8.65. The van der Waals surface area contributed by atoms with Crippen LogP contribution in [0.5, 0.6) is 5.75 Å². The monoisotopic (exact) mass is 367 g/mol. The van der Waals surface area contributed by atoms with Gasteiger partial charge in [-0.25, -0.2) is 9.97 Å². The third kappa shape index (κ3) is 5.20. The largest absolute Gasteiger partial charge is 0.494 e. The van der Waals surface area contributed by atoms with Gasteiger partial charge in [-0.3, -0.25) is 0 Å². The highest BCUT2D eigenvalue weighted by molar-refractivity contribution is 5.41. The van der Waals surface area contributed by atoms with Gasteiger partial charge in [-0.15, -0.1) is 0 Å². The van der Waals surface area contributed by atoms with Crippen molar-refractivity contribution >= 4 is 0 Å². The highest BCUT2D eigenvalue weighted by Crippen LogP contribution is 2.13. The number of imidazole rings is 1. The van der Waals surface area contributed by atoms with Gasteiger partial charge >= 0.3 is 0 Å². The van der Waals surface area contributed by atoms with Crippen LogP contribution in [0.25, 0.3) is 0 Å². The second-order valence-corrected chi connectivity index (χ2v) is 5.91. The summed E-state index contributed by atoms with van der Waals surface area (Å²) in [6.45, 7) is 2.63. The summed E-state index contributed by atoms with van der Waals surface area (Å²) in [5, 5.41) is 18.4. The number of hydrogen-bond acceptors (Lipinski definition) is 6. The van der Waals surface area contributed by atoms with E-state index in [4.69, 9.17) is 14.3 Å². The number of nitrogens with zero attached hydrogens (tertiary/aromatic N) is 3. The lowest BCUT2D eigenvalue weighted by Crippen LogP contribution is -2.07. The summed E-state index contributed by atoms with van der Waals surface area (Å²) in [5.41, 5.74) is 0.827. The van der Waals surface area contributed by atoms with E-state index < -0.39 is 6.10 Å². The van der Waals surface area contributed by atoms with E-state index in [0.717, 1.165) is 11.3 Å². The van der Waals surface area contributed by atoms with E-state index in [2.05, 4.69) is 21.8 Å². The average molecular weight is 367 g/mol. The molecule has 0 aliphatic heterocycles. The topological polar surface area (TPSA) is 93.5 Å². The summed E-state index contributed by atoms with van der Waals surface area (Å²) in [6, 6.07) is 7.39. The van der Waals surface area contributed by atoms with Crippen molar-refractivity contribution in [2.45, 2.75) is 26.0 Å². The number of aliphatic hydroxyl groups is 2. The Morgan fingerprint density at radius 2 is 2.04 bits per heavy atom. The van der Waals surface area contributed by atoms with E-state index >= 15 is 0 Å². The SMILES string of the molecule is C[C@H](O)c1nccn1Cc1ncc(C#Cc2ccc(OCCCO)cc2)o1. The minimum atomic E-state index is -0.662. The normalized spacial score (nSPS) is 11.7. The lowest BCUT2D eigenvalue weighted by atomic mass is 10.2. The van der Waals surface area contributed by atoms with Crippen LogP contribution in [0, 0.1) is 11.8 Å². The molecule has 0 aliphatic carbocycles. The van der Waals surface area contributed by atoms with Crippen molar-refractivity contribution < 1.29 is 19.4 Å². The van der Waals surface area contributed by atoms with Crippen molar-refractivity contribution in [1.82, 2.24) is 14.5 Å². The van der Waals surface area contributed by atoms with Crippen molar-refractivity contribution in [3.05, 3.63) is 65.9 Å². The van der Waals surface area contributed by atoms with Crippen molar-refractivity contribution in [2.75, 3.05) is 13.2 Å². The van der Waals surface area contributed by atoms with Crippen molar-refractivity contribution in [3.63, 3.8) is 0 Å². The first-order chi connectivity index (χ1) is 13.2. The zero-order valence-electron chi connectivity index (χ0n) is 15.0. The number of aliphatic hydroxyl groups excluding tert-OH is 2. The van der Waals surface area contributed by atoms with Crippen molar-refractivity contribution in [2.24, 2.45) is 0 Å². The zero-order valence-corrected chi connectivity index (χ0v) is 15.0. The fraction of sp³-hybridized carbons (Fsp3) is 0.300. The third-order valence-corrected chi connectivity index (χ3v) is 3.74. The zero-order chi connectivity index (χ0) is 19.1. The van der Waals surface area contributed by atoms with Crippen LogP contribution >= 0.6 is 0 Å². The van der Waals surface area contributed by atoms with Crippen LogP contribution in [0.3, 0.4) is 0 Å². The number of hydrogen-bond donors (Lipinski definition) is 2. The molecule has 0 saturated carbocycles. The molecule has 0 spiro atoms. The Hall–Kier alpha value is -3.08. The highest BCUT2D eigenvalue weighted by Gasteiger charge is 2.11. The molecule has 2 heterocycles. The predicted octanol–water partition coefficient (Wildman–Crippen LogP) is 2.13. The third-order valence-electron chi connectivity index (χ3n) is 3.74. The van der Waals surface area contributed by atoms with Gasteiger partial charge in [-0.2, -0.15) is 0 Å². The molecule has 1 atom stereocenters. The second kappa shape index (κ2) is 9.03. The number of rotatable bonds is 7. The average Bonchev–Trinajstić information content (AvgIpc) is 3.31. The Labute approximate surface area is 157 Å². The molecular formula is C20H21N3O4. The molecule has 1 aromatic carbocycles. The number of aromatic nitrogens is 3. The van der Waals surface area contributed by atoms with Gasteiger partial charge in [-0.1, -0.05) is 5.92 Å². The minimum absolute atomic E-state index is 0.115. The number of benzene rings is 1. The molecular weight excluding hydrogens is 346 g/mol. The minimum Gasteiger partial charge on any atom is -0.494 e. The first kappa shape index (κ1) is 18.7. The molecule has 0 bridgehead atoms. The van der Waals surface area contributed by atoms with Crippen LogP contribution in [0.15, 0.2) is 47.3 Å². The van der Waals surface area contributed by atoms with E-state index in [9.17, 15) is 5.11 Å². The molecule has 2 aromatic heterocycles. The van der Waals surface area contributed by atoms with E-state index in [1.165, 1.54) is 0 Å². The molecule has 3 rings (SSSR count). The smallest absolute Gasteiger partial charge is 0.215 e. The van der Waals surface area contributed by atoms with Crippen LogP contribution in [-0.2, 0) is 6.54 Å². The van der Waals surface area contributed by atoms with Gasteiger partial charge in [0.05, 0.1) is 12.8 Å². The van der Waals surface area contributed by atoms with Crippen LogP contribution in [0.4, 0.5) is 0 Å². The summed E-state index contributed by atoms with van der Waals surface area (Å²) in [4.78, 5) is 8.34. The van der Waals surface area contributed by atoms with E-state index in [1.54, 1.807) is 30.1 Å². The van der Waals surface area contributed by atoms with Crippen molar-refractivity contribution in [1.29, 1.82) is 0 Å². The maximum absolute atomic E-state index is 9.69. The fourth-order valence-electron chi connectivity index (χ4n) is 2.43. The maximum atomic E-state index is 9.69. The Morgan fingerprint density at radius 1 is 1.22 bits per heavy atom. The summed E-state index contributed by atoms with van der Waals surface area (Å²) in [7, 11) is 0. The van der Waals surface area contributed by atoms with Gasteiger partial charge in [0.15, 0.2) is 5.76 Å². The number of ether oxygens (including phenoxy) is 1. The van der Waals surface area contributed by atoms with Gasteiger partial charge in [0.25, 0.3) is 0 Å². The molecule has 0 aliphatic rings. The van der Waals surface area contributed by atoms with Crippen LogP contribution in [0.2, 0.25) is 0 Å². The van der Waals surface area contributed by atoms with E-state index in [1.807, 2.05) is 24.3 Å². The van der Waals surface area contributed by atoms with Crippen molar-refractivity contribution in [3.8, 4) is 17.6 Å². The predicted molar refractivity (Wildman–Crippen MR) is 98.1 cm³/mol. The van der Waals surface area contributed by atoms with Crippen LogP contribution in [-0.4, -0.2) is 38.0 Å². The first-order valence-electron chi connectivity index (χ1n) is 8.65. The highest BCUT2D eigenvalue weighted by atomic mass is 16.5. The molecule has 0 fully saturated rings. The molecule has 0 amide bonds. The Balaban J connectivity index is 1.62. The van der Waals surface area contributed by atoms with Gasteiger partial charge in [0.1, 0.15) is 24.2 Å². The van der Waals surface area contributed by atoms with Gasteiger partial charge in [0.2, 0.25) is 5.89 Å². The lowest BCUT2D eigenvalue weighted by Gasteiger charge is -2.06. The van der Waals surface area contributed by atoms with E-state index in [-0.39, 0.29) is 6.61 Å². The Morgan fingerprint density at radius 3 is 2.78 bits per heavy atom. The number of oxazole rings is 1. The van der Waals surface area contributed by atoms with Crippen LogP contribution < -0.4 is 4.74 Å². The summed E-state index contributed by atoms with van der Waals surface area (Å²) >= 11 is 0.